The van der Waals surface area contributed by atoms with Crippen molar-refractivity contribution < 1.29 is 4.79 Å². The number of anilines is 2. The van der Waals surface area contributed by atoms with Gasteiger partial charge >= 0.3 is 0 Å². The van der Waals surface area contributed by atoms with Crippen LogP contribution in [0.4, 0.5) is 11.4 Å². The van der Waals surface area contributed by atoms with Crippen molar-refractivity contribution >= 4 is 17.3 Å². The van der Waals surface area contributed by atoms with Gasteiger partial charge in [0.2, 0.25) is 5.91 Å². The third-order valence-electron chi connectivity index (χ3n) is 4.90. The van der Waals surface area contributed by atoms with Gasteiger partial charge in [0.05, 0.1) is 0 Å². The minimum absolute atomic E-state index is 0.120. The van der Waals surface area contributed by atoms with Crippen molar-refractivity contribution in [3.8, 4) is 0 Å². The Morgan fingerprint density at radius 1 is 1.12 bits per heavy atom. The minimum Gasteiger partial charge on any atom is -0.381 e. The van der Waals surface area contributed by atoms with Gasteiger partial charge < -0.3 is 10.6 Å². The molecular weight excluding hydrogens is 298 g/mol. The molecule has 0 spiro atoms. The fourth-order valence-corrected chi connectivity index (χ4v) is 3.63. The molecule has 2 aliphatic rings. The van der Waals surface area contributed by atoms with Crippen LogP contribution < -0.4 is 10.6 Å². The Hall–Kier alpha value is -2.33. The van der Waals surface area contributed by atoms with E-state index >= 15 is 0 Å². The predicted molar refractivity (Wildman–Crippen MR) is 97.1 cm³/mol. The van der Waals surface area contributed by atoms with Gasteiger partial charge in [-0.3, -0.25) is 9.69 Å². The van der Waals surface area contributed by atoms with Crippen molar-refractivity contribution in [1.29, 1.82) is 0 Å². The van der Waals surface area contributed by atoms with Crippen molar-refractivity contribution in [2.45, 2.75) is 31.8 Å². The topological polar surface area (TPSA) is 44.4 Å². The van der Waals surface area contributed by atoms with Gasteiger partial charge in [0.25, 0.3) is 0 Å². The van der Waals surface area contributed by atoms with Gasteiger partial charge in [-0.15, -0.1) is 0 Å². The number of likely N-dealkylation sites (tertiary alicyclic amines) is 1. The SMILES string of the molecule is O=C1CCc2ccc(N[C@@H]3CCN(Cc4ccccc4)C3)cc2N1. The molecule has 0 aliphatic carbocycles. The average molecular weight is 321 g/mol. The van der Waals surface area contributed by atoms with Crippen LogP contribution in [0.2, 0.25) is 0 Å². The number of carbonyl (C=O) groups excluding carboxylic acids is 1. The molecule has 2 N–H and O–H groups in total. The van der Waals surface area contributed by atoms with Crippen LogP contribution in [0.3, 0.4) is 0 Å². The summed E-state index contributed by atoms with van der Waals surface area (Å²) in [6, 6.07) is 17.4. The molecule has 124 valence electrons. The highest BCUT2D eigenvalue weighted by molar-refractivity contribution is 5.94. The molecule has 0 aromatic heterocycles. The second-order valence-corrected chi connectivity index (χ2v) is 6.77. The van der Waals surface area contributed by atoms with E-state index in [1.54, 1.807) is 0 Å². The third kappa shape index (κ3) is 3.44. The molecule has 2 aliphatic heterocycles. The third-order valence-corrected chi connectivity index (χ3v) is 4.90. The van der Waals surface area contributed by atoms with Crippen LogP contribution >= 0.6 is 0 Å². The van der Waals surface area contributed by atoms with Crippen LogP contribution in [-0.2, 0) is 17.8 Å². The normalized spacial score (nSPS) is 20.5. The standard InChI is InChI=1S/C20H23N3O/c24-20-9-7-16-6-8-17(12-19(16)22-20)21-18-10-11-23(14-18)13-15-4-2-1-3-5-15/h1-6,8,12,18,21H,7,9-11,13-14H2,(H,22,24)/t18-/m1/s1. The first kappa shape index (κ1) is 15.2. The van der Waals surface area contributed by atoms with Crippen LogP contribution in [-0.4, -0.2) is 29.9 Å². The summed E-state index contributed by atoms with van der Waals surface area (Å²) in [5, 5.41) is 6.61. The second-order valence-electron chi connectivity index (χ2n) is 6.77. The molecule has 4 nitrogen and oxygen atoms in total. The predicted octanol–water partition coefficient (Wildman–Crippen LogP) is 3.26. The maximum atomic E-state index is 11.6. The molecule has 0 saturated carbocycles. The van der Waals surface area contributed by atoms with E-state index in [-0.39, 0.29) is 5.91 Å². The Kier molecular flexibility index (Phi) is 4.22. The zero-order chi connectivity index (χ0) is 16.4. The molecular formula is C20H23N3O. The van der Waals surface area contributed by atoms with Crippen molar-refractivity contribution in [1.82, 2.24) is 4.90 Å². The number of hydrogen-bond donors (Lipinski definition) is 2. The molecule has 1 amide bonds. The smallest absolute Gasteiger partial charge is 0.224 e. The van der Waals surface area contributed by atoms with E-state index in [2.05, 4.69) is 64.1 Å². The van der Waals surface area contributed by atoms with Gasteiger partial charge in [0.1, 0.15) is 0 Å². The Morgan fingerprint density at radius 3 is 2.88 bits per heavy atom. The summed E-state index contributed by atoms with van der Waals surface area (Å²) in [6.45, 7) is 3.19. The second kappa shape index (κ2) is 6.65. The van der Waals surface area contributed by atoms with Crippen LogP contribution in [0.15, 0.2) is 48.5 Å². The number of nitrogens with zero attached hydrogens (tertiary/aromatic N) is 1. The molecule has 4 heteroatoms. The highest BCUT2D eigenvalue weighted by Crippen LogP contribution is 2.27. The van der Waals surface area contributed by atoms with Gasteiger partial charge in [-0.1, -0.05) is 36.4 Å². The lowest BCUT2D eigenvalue weighted by Crippen LogP contribution is -2.26. The lowest BCUT2D eigenvalue weighted by atomic mass is 10.0. The highest BCUT2D eigenvalue weighted by atomic mass is 16.1. The summed E-state index contributed by atoms with van der Waals surface area (Å²) in [6.07, 6.45) is 2.59. The van der Waals surface area contributed by atoms with Crippen LogP contribution in [0.25, 0.3) is 0 Å². The van der Waals surface area contributed by atoms with Crippen molar-refractivity contribution in [3.63, 3.8) is 0 Å². The maximum absolute atomic E-state index is 11.6. The number of fused-ring (bicyclic) bond motifs is 1. The van der Waals surface area contributed by atoms with E-state index in [9.17, 15) is 4.79 Å². The molecule has 1 saturated heterocycles. The average Bonchev–Trinajstić information content (AvgIpc) is 3.02. The summed E-state index contributed by atoms with van der Waals surface area (Å²) in [7, 11) is 0. The molecule has 2 aromatic carbocycles. The Balaban J connectivity index is 1.36. The van der Waals surface area contributed by atoms with E-state index in [0.717, 1.165) is 43.9 Å². The number of amides is 1. The number of benzene rings is 2. The molecule has 0 bridgehead atoms. The van der Waals surface area contributed by atoms with Crippen LogP contribution in [0, 0.1) is 0 Å². The Labute approximate surface area is 142 Å². The Morgan fingerprint density at radius 2 is 2.00 bits per heavy atom. The van der Waals surface area contributed by atoms with Gasteiger partial charge in [-0.05, 0) is 36.1 Å². The van der Waals surface area contributed by atoms with E-state index in [1.165, 1.54) is 11.1 Å². The number of nitrogens with one attached hydrogen (secondary N) is 2. The summed E-state index contributed by atoms with van der Waals surface area (Å²) < 4.78 is 0. The largest absolute Gasteiger partial charge is 0.381 e. The first-order valence-corrected chi connectivity index (χ1v) is 8.72. The van der Waals surface area contributed by atoms with E-state index in [0.29, 0.717) is 12.5 Å². The molecule has 2 aromatic rings. The summed E-state index contributed by atoms with van der Waals surface area (Å²) in [4.78, 5) is 14.1. The highest BCUT2D eigenvalue weighted by Gasteiger charge is 2.23. The van der Waals surface area contributed by atoms with Crippen molar-refractivity contribution in [2.24, 2.45) is 0 Å². The molecule has 1 atom stereocenters. The Bertz CT molecular complexity index is 729. The molecule has 4 rings (SSSR count). The molecule has 24 heavy (non-hydrogen) atoms. The minimum atomic E-state index is 0.120. The molecule has 0 radical (unpaired) electrons. The van der Waals surface area contributed by atoms with Crippen molar-refractivity contribution in [2.75, 3.05) is 23.7 Å². The van der Waals surface area contributed by atoms with E-state index < -0.39 is 0 Å². The van der Waals surface area contributed by atoms with Gasteiger partial charge in [-0.25, -0.2) is 0 Å². The van der Waals surface area contributed by atoms with Gasteiger partial charge in [0, 0.05) is 43.5 Å². The fraction of sp³-hybridized carbons (Fsp3) is 0.350. The summed E-state index contributed by atoms with van der Waals surface area (Å²) >= 11 is 0. The van der Waals surface area contributed by atoms with Crippen molar-refractivity contribution in [3.05, 3.63) is 59.7 Å². The number of hydrogen-bond acceptors (Lipinski definition) is 3. The van der Waals surface area contributed by atoms with E-state index in [1.807, 2.05) is 0 Å². The molecule has 1 fully saturated rings. The van der Waals surface area contributed by atoms with E-state index in [4.69, 9.17) is 0 Å². The lowest BCUT2D eigenvalue weighted by molar-refractivity contribution is -0.116. The molecule has 2 heterocycles. The quantitative estimate of drug-likeness (QED) is 0.908. The zero-order valence-electron chi connectivity index (χ0n) is 13.8. The monoisotopic (exact) mass is 321 g/mol. The fourth-order valence-electron chi connectivity index (χ4n) is 3.63. The van der Waals surface area contributed by atoms with Gasteiger partial charge in [0.15, 0.2) is 0 Å². The first-order valence-electron chi connectivity index (χ1n) is 8.72. The number of carbonyl (C=O) groups is 1. The molecule has 0 unspecified atom stereocenters. The summed E-state index contributed by atoms with van der Waals surface area (Å²) in [5.74, 6) is 0.120. The summed E-state index contributed by atoms with van der Waals surface area (Å²) in [5.41, 5.74) is 4.67. The van der Waals surface area contributed by atoms with Crippen LogP contribution in [0.5, 0.6) is 0 Å². The first-order chi connectivity index (χ1) is 11.8. The van der Waals surface area contributed by atoms with Gasteiger partial charge in [-0.2, -0.15) is 0 Å². The zero-order valence-corrected chi connectivity index (χ0v) is 13.8. The number of aryl methyl sites for hydroxylation is 1. The maximum Gasteiger partial charge on any atom is 0.224 e. The van der Waals surface area contributed by atoms with Crippen LogP contribution in [0.1, 0.15) is 24.0 Å². The number of rotatable bonds is 4. The lowest BCUT2D eigenvalue weighted by Gasteiger charge is -2.20.